The molecular formula is C13H15IO3. The van der Waals surface area contributed by atoms with E-state index in [0.717, 1.165) is 22.2 Å². The summed E-state index contributed by atoms with van der Waals surface area (Å²) in [4.78, 5) is 11.0. The van der Waals surface area contributed by atoms with Crippen molar-refractivity contribution in [3.05, 3.63) is 33.6 Å². The van der Waals surface area contributed by atoms with Crippen LogP contribution in [0.3, 0.4) is 0 Å². The Balaban J connectivity index is 2.20. The molecule has 0 aliphatic carbocycles. The number of esters is 1. The Hall–Kier alpha value is -0.780. The summed E-state index contributed by atoms with van der Waals surface area (Å²) >= 11 is 2.27. The van der Waals surface area contributed by atoms with Gasteiger partial charge >= 0.3 is 5.97 Å². The zero-order chi connectivity index (χ0) is 12.4. The molecule has 0 amide bonds. The second kappa shape index (κ2) is 5.25. The average Bonchev–Trinajstić information content (AvgIpc) is 2.23. The molecule has 2 bridgehead atoms. The standard InChI is InChI=1S/C13H15IO3/c1-8-5-10-3-4-11(16-9(2)15)7-12(14)13(6-8)17-10/h3-4,10-11H,1,5-7H2,2H3/b4-3?,13-12+/t10-,11-/m0/s1. The van der Waals surface area contributed by atoms with Crippen molar-refractivity contribution in [2.45, 2.75) is 38.4 Å². The third-order valence-electron chi connectivity index (χ3n) is 2.73. The number of ether oxygens (including phenoxy) is 2. The van der Waals surface area contributed by atoms with E-state index in [2.05, 4.69) is 29.2 Å². The number of hydrogen-bond acceptors (Lipinski definition) is 3. The molecule has 0 aromatic heterocycles. The molecule has 0 saturated carbocycles. The van der Waals surface area contributed by atoms with Crippen LogP contribution in [0.5, 0.6) is 0 Å². The lowest BCUT2D eigenvalue weighted by molar-refractivity contribution is -0.144. The minimum Gasteiger partial charge on any atom is -0.489 e. The SMILES string of the molecule is C=C1C/C2=C(\I)C[C@@H](OC(C)=O)C=C[C@@H](C1)O2. The van der Waals surface area contributed by atoms with Crippen LogP contribution in [0.1, 0.15) is 26.2 Å². The molecule has 2 aliphatic heterocycles. The first-order chi connectivity index (χ1) is 8.04. The fourth-order valence-electron chi connectivity index (χ4n) is 2.02. The highest BCUT2D eigenvalue weighted by atomic mass is 127. The quantitative estimate of drug-likeness (QED) is 0.415. The second-order valence-corrected chi connectivity index (χ2v) is 5.65. The van der Waals surface area contributed by atoms with Gasteiger partial charge in [0.15, 0.2) is 0 Å². The molecule has 2 rings (SSSR count). The molecule has 4 heteroatoms. The Morgan fingerprint density at radius 1 is 1.53 bits per heavy atom. The number of allylic oxidation sites excluding steroid dienone is 1. The van der Waals surface area contributed by atoms with Gasteiger partial charge in [-0.05, 0) is 34.7 Å². The van der Waals surface area contributed by atoms with Crippen LogP contribution >= 0.6 is 22.6 Å². The van der Waals surface area contributed by atoms with Crippen molar-refractivity contribution in [1.29, 1.82) is 0 Å². The maximum absolute atomic E-state index is 11.0. The number of carbonyl (C=O) groups excluding carboxylic acids is 1. The van der Waals surface area contributed by atoms with E-state index in [1.54, 1.807) is 0 Å². The third kappa shape index (κ3) is 3.34. The summed E-state index contributed by atoms with van der Waals surface area (Å²) in [6.45, 7) is 5.47. The van der Waals surface area contributed by atoms with Crippen molar-refractivity contribution in [1.82, 2.24) is 0 Å². The van der Waals surface area contributed by atoms with Gasteiger partial charge in [0.2, 0.25) is 0 Å². The van der Waals surface area contributed by atoms with Crippen molar-refractivity contribution in [3.8, 4) is 0 Å². The van der Waals surface area contributed by atoms with Gasteiger partial charge in [0.25, 0.3) is 0 Å². The molecule has 0 aromatic carbocycles. The summed E-state index contributed by atoms with van der Waals surface area (Å²) in [5.74, 6) is 0.735. The number of rotatable bonds is 1. The van der Waals surface area contributed by atoms with E-state index in [1.807, 2.05) is 12.2 Å². The predicted octanol–water partition coefficient (Wildman–Crippen LogP) is 3.26. The van der Waals surface area contributed by atoms with Crippen molar-refractivity contribution in [2.75, 3.05) is 0 Å². The topological polar surface area (TPSA) is 35.5 Å². The first-order valence-corrected chi connectivity index (χ1v) is 6.69. The van der Waals surface area contributed by atoms with Crippen LogP contribution in [0, 0.1) is 0 Å². The highest BCUT2D eigenvalue weighted by Gasteiger charge is 2.25. The summed E-state index contributed by atoms with van der Waals surface area (Å²) < 4.78 is 12.2. The Bertz CT molecular complexity index is 409. The highest BCUT2D eigenvalue weighted by molar-refractivity contribution is 14.1. The van der Waals surface area contributed by atoms with Gasteiger partial charge in [-0.15, -0.1) is 0 Å². The predicted molar refractivity (Wildman–Crippen MR) is 73.6 cm³/mol. The minimum atomic E-state index is -0.245. The maximum Gasteiger partial charge on any atom is 0.303 e. The molecule has 2 aliphatic rings. The lowest BCUT2D eigenvalue weighted by Crippen LogP contribution is -2.23. The van der Waals surface area contributed by atoms with Crippen LogP contribution in [0.4, 0.5) is 0 Å². The lowest BCUT2D eigenvalue weighted by atomic mass is 9.98. The Morgan fingerprint density at radius 2 is 2.29 bits per heavy atom. The molecule has 1 saturated heterocycles. The van der Waals surface area contributed by atoms with Crippen LogP contribution in [0.15, 0.2) is 33.6 Å². The number of fused-ring (bicyclic) bond motifs is 2. The number of hydrogen-bond donors (Lipinski definition) is 0. The molecule has 2 atom stereocenters. The average molecular weight is 346 g/mol. The molecule has 2 heterocycles. The molecule has 0 radical (unpaired) electrons. The zero-order valence-electron chi connectivity index (χ0n) is 9.74. The number of carbonyl (C=O) groups is 1. The molecule has 1 fully saturated rings. The first kappa shape index (κ1) is 12.7. The highest BCUT2D eigenvalue weighted by Crippen LogP contribution is 2.34. The van der Waals surface area contributed by atoms with Crippen LogP contribution in [0.25, 0.3) is 0 Å². The van der Waals surface area contributed by atoms with Crippen LogP contribution in [-0.2, 0) is 14.3 Å². The third-order valence-corrected chi connectivity index (χ3v) is 3.78. The zero-order valence-corrected chi connectivity index (χ0v) is 11.9. The molecule has 92 valence electrons. The maximum atomic E-state index is 11.0. The Morgan fingerprint density at radius 3 is 3.00 bits per heavy atom. The first-order valence-electron chi connectivity index (χ1n) is 5.61. The molecule has 17 heavy (non-hydrogen) atoms. The van der Waals surface area contributed by atoms with Crippen molar-refractivity contribution in [3.63, 3.8) is 0 Å². The van der Waals surface area contributed by atoms with E-state index < -0.39 is 0 Å². The smallest absolute Gasteiger partial charge is 0.303 e. The molecule has 0 unspecified atom stereocenters. The summed E-state index contributed by atoms with van der Waals surface area (Å²) in [6, 6.07) is 0. The normalized spacial score (nSPS) is 32.5. The molecule has 0 aromatic rings. The monoisotopic (exact) mass is 346 g/mol. The molecule has 3 nitrogen and oxygen atoms in total. The van der Waals surface area contributed by atoms with E-state index in [-0.39, 0.29) is 18.2 Å². The van der Waals surface area contributed by atoms with Gasteiger partial charge in [-0.2, -0.15) is 0 Å². The van der Waals surface area contributed by atoms with E-state index in [1.165, 1.54) is 12.5 Å². The largest absolute Gasteiger partial charge is 0.489 e. The van der Waals surface area contributed by atoms with E-state index in [4.69, 9.17) is 9.47 Å². The van der Waals surface area contributed by atoms with Crippen molar-refractivity contribution < 1.29 is 14.3 Å². The summed E-state index contributed by atoms with van der Waals surface area (Å²) in [7, 11) is 0. The molecule has 0 spiro atoms. The van der Waals surface area contributed by atoms with Gasteiger partial charge in [0, 0.05) is 29.8 Å². The van der Waals surface area contributed by atoms with Crippen molar-refractivity contribution >= 4 is 28.6 Å². The van der Waals surface area contributed by atoms with Gasteiger partial charge in [-0.3, -0.25) is 4.79 Å². The van der Waals surface area contributed by atoms with Crippen LogP contribution in [0.2, 0.25) is 0 Å². The van der Waals surface area contributed by atoms with E-state index in [0.29, 0.717) is 6.42 Å². The van der Waals surface area contributed by atoms with Gasteiger partial charge in [-0.1, -0.05) is 12.2 Å². The fraction of sp³-hybridized carbons (Fsp3) is 0.462. The fourth-order valence-corrected chi connectivity index (χ4v) is 2.77. The van der Waals surface area contributed by atoms with Gasteiger partial charge < -0.3 is 9.47 Å². The Kier molecular flexibility index (Phi) is 3.91. The van der Waals surface area contributed by atoms with Gasteiger partial charge in [0.1, 0.15) is 18.0 Å². The molecular weight excluding hydrogens is 331 g/mol. The van der Waals surface area contributed by atoms with Gasteiger partial charge in [-0.25, -0.2) is 0 Å². The number of halogens is 1. The van der Waals surface area contributed by atoms with Gasteiger partial charge in [0.05, 0.1) is 0 Å². The van der Waals surface area contributed by atoms with E-state index in [9.17, 15) is 4.79 Å². The van der Waals surface area contributed by atoms with Crippen LogP contribution in [-0.4, -0.2) is 18.2 Å². The second-order valence-electron chi connectivity index (χ2n) is 4.35. The Labute approximate surface area is 115 Å². The summed E-state index contributed by atoms with van der Waals surface area (Å²) in [5, 5.41) is 0. The minimum absolute atomic E-state index is 0.0365. The van der Waals surface area contributed by atoms with E-state index >= 15 is 0 Å². The van der Waals surface area contributed by atoms with Crippen molar-refractivity contribution in [2.24, 2.45) is 0 Å². The van der Waals surface area contributed by atoms with Crippen LogP contribution < -0.4 is 0 Å². The lowest BCUT2D eigenvalue weighted by Gasteiger charge is -2.29. The summed E-state index contributed by atoms with van der Waals surface area (Å²) in [6.07, 6.45) is 6.08. The summed E-state index contributed by atoms with van der Waals surface area (Å²) in [5.41, 5.74) is 1.20. The molecule has 0 N–H and O–H groups in total.